The lowest BCUT2D eigenvalue weighted by molar-refractivity contribution is -0.137. The van der Waals surface area contributed by atoms with Gasteiger partial charge in [-0.3, -0.25) is 14.6 Å². The van der Waals surface area contributed by atoms with Crippen molar-refractivity contribution in [3.63, 3.8) is 0 Å². The van der Waals surface area contributed by atoms with Crippen LogP contribution in [0.1, 0.15) is 65.6 Å². The number of rotatable bonds is 6. The van der Waals surface area contributed by atoms with E-state index in [1.807, 2.05) is 18.7 Å². The number of piperazine rings is 1. The number of hydrogen-bond donors (Lipinski definition) is 0. The van der Waals surface area contributed by atoms with Crippen LogP contribution < -0.4 is 0 Å². The summed E-state index contributed by atoms with van der Waals surface area (Å²) in [4.78, 5) is 28.4. The van der Waals surface area contributed by atoms with Crippen molar-refractivity contribution in [2.45, 2.75) is 64.3 Å². The van der Waals surface area contributed by atoms with Crippen molar-refractivity contribution in [1.82, 2.24) is 24.7 Å². The average Bonchev–Trinajstić information content (AvgIpc) is 2.87. The number of carbonyl (C=O) groups excluding carboxylic acids is 1. The Bertz CT molecular complexity index is 1100. The second kappa shape index (κ2) is 11.3. The molecule has 0 N–H and O–H groups in total. The molecule has 0 spiro atoms. The fraction of sp³-hybridized carbons (Fsp3) is 0.607. The molecule has 2 saturated heterocycles. The summed E-state index contributed by atoms with van der Waals surface area (Å²) in [5.74, 6) is -0.000198. The van der Waals surface area contributed by atoms with Gasteiger partial charge < -0.3 is 9.64 Å². The predicted octanol–water partition coefficient (Wildman–Crippen LogP) is 4.50. The molecule has 3 heterocycles. The number of carbonyl (C=O) groups is 1. The van der Waals surface area contributed by atoms with Gasteiger partial charge in [0.1, 0.15) is 6.33 Å². The molecule has 2 aliphatic heterocycles. The van der Waals surface area contributed by atoms with Crippen LogP contribution in [-0.4, -0.2) is 88.6 Å². The van der Waals surface area contributed by atoms with E-state index in [-0.39, 0.29) is 23.5 Å². The number of aryl methyl sites for hydroxylation is 2. The maximum Gasteiger partial charge on any atom is 0.416 e. The summed E-state index contributed by atoms with van der Waals surface area (Å²) in [6, 6.07) is 5.52. The number of halogens is 3. The standard InChI is InChI=1S/C28H38F3N5O2/c1-19-16-35(14-15-36(19)24(17-38-5)22-6-8-23(9-7-22)28(29,30)31)27(4)10-12-34(13-11-27)26(37)25-20(2)32-18-33-21(25)3/h6-9,18-19,24H,10-17H2,1-5H3. The van der Waals surface area contributed by atoms with E-state index in [2.05, 4.69) is 33.6 Å². The highest BCUT2D eigenvalue weighted by Gasteiger charge is 2.41. The van der Waals surface area contributed by atoms with Crippen LogP contribution in [0.25, 0.3) is 0 Å². The Balaban J connectivity index is 1.40. The molecule has 0 radical (unpaired) electrons. The van der Waals surface area contributed by atoms with Crippen molar-refractivity contribution >= 4 is 5.91 Å². The van der Waals surface area contributed by atoms with Crippen LogP contribution in [0.2, 0.25) is 0 Å². The van der Waals surface area contributed by atoms with Gasteiger partial charge >= 0.3 is 6.18 Å². The Morgan fingerprint density at radius 2 is 1.68 bits per heavy atom. The fourth-order valence-corrected chi connectivity index (χ4v) is 5.93. The van der Waals surface area contributed by atoms with Crippen molar-refractivity contribution in [2.24, 2.45) is 0 Å². The van der Waals surface area contributed by atoms with Crippen LogP contribution in [-0.2, 0) is 10.9 Å². The number of methoxy groups -OCH3 is 1. The number of ether oxygens (including phenoxy) is 1. The molecular weight excluding hydrogens is 495 g/mol. The summed E-state index contributed by atoms with van der Waals surface area (Å²) in [5.41, 5.74) is 2.18. The Morgan fingerprint density at radius 1 is 1.08 bits per heavy atom. The molecule has 2 unspecified atom stereocenters. The van der Waals surface area contributed by atoms with Gasteiger partial charge in [0.05, 0.1) is 35.2 Å². The molecule has 4 rings (SSSR count). The second-order valence-corrected chi connectivity index (χ2v) is 10.8. The molecule has 1 aromatic carbocycles. The zero-order valence-corrected chi connectivity index (χ0v) is 22.9. The van der Waals surface area contributed by atoms with Crippen LogP contribution in [0.4, 0.5) is 13.2 Å². The van der Waals surface area contributed by atoms with E-state index >= 15 is 0 Å². The molecular formula is C28H38F3N5O2. The van der Waals surface area contributed by atoms with Gasteiger partial charge in [0.25, 0.3) is 5.91 Å². The Morgan fingerprint density at radius 3 is 2.21 bits per heavy atom. The summed E-state index contributed by atoms with van der Waals surface area (Å²) in [6.07, 6.45) is -1.12. The van der Waals surface area contributed by atoms with Gasteiger partial charge in [0.2, 0.25) is 0 Å². The lowest BCUT2D eigenvalue weighted by atomic mass is 9.86. The number of piperidine rings is 1. The minimum atomic E-state index is -4.35. The second-order valence-electron chi connectivity index (χ2n) is 10.8. The monoisotopic (exact) mass is 533 g/mol. The first-order valence-electron chi connectivity index (χ1n) is 13.2. The molecule has 2 aliphatic rings. The largest absolute Gasteiger partial charge is 0.416 e. The Kier molecular flexibility index (Phi) is 8.44. The van der Waals surface area contributed by atoms with Gasteiger partial charge in [-0.2, -0.15) is 13.2 Å². The number of hydrogen-bond acceptors (Lipinski definition) is 6. The molecule has 1 aromatic heterocycles. The minimum absolute atomic E-state index is 0.000198. The molecule has 208 valence electrons. The van der Waals surface area contributed by atoms with Gasteiger partial charge in [0, 0.05) is 51.4 Å². The smallest absolute Gasteiger partial charge is 0.383 e. The van der Waals surface area contributed by atoms with Gasteiger partial charge in [-0.05, 0) is 58.2 Å². The van der Waals surface area contributed by atoms with Gasteiger partial charge in [-0.15, -0.1) is 0 Å². The van der Waals surface area contributed by atoms with Crippen molar-refractivity contribution < 1.29 is 22.7 Å². The number of alkyl halides is 3. The van der Waals surface area contributed by atoms with Crippen molar-refractivity contribution in [3.05, 3.63) is 58.7 Å². The van der Waals surface area contributed by atoms with Crippen LogP contribution in [0.5, 0.6) is 0 Å². The maximum atomic E-state index is 13.2. The number of likely N-dealkylation sites (tertiary alicyclic amines) is 1. The average molecular weight is 534 g/mol. The lowest BCUT2D eigenvalue weighted by Crippen LogP contribution is -2.62. The van der Waals surface area contributed by atoms with Gasteiger partial charge in [-0.1, -0.05) is 12.1 Å². The summed E-state index contributed by atoms with van der Waals surface area (Å²) in [6.45, 7) is 12.4. The zero-order chi connectivity index (χ0) is 27.7. The molecule has 2 aromatic rings. The highest BCUT2D eigenvalue weighted by molar-refractivity contribution is 5.96. The van der Waals surface area contributed by atoms with E-state index in [9.17, 15) is 18.0 Å². The number of nitrogens with zero attached hydrogens (tertiary/aromatic N) is 5. The van der Waals surface area contributed by atoms with Gasteiger partial charge in [0.15, 0.2) is 0 Å². The third-order valence-electron chi connectivity index (χ3n) is 8.36. The van der Waals surface area contributed by atoms with Crippen molar-refractivity contribution in [1.29, 1.82) is 0 Å². The topological polar surface area (TPSA) is 61.8 Å². The number of amides is 1. The third kappa shape index (κ3) is 5.87. The first kappa shape index (κ1) is 28.4. The van der Waals surface area contributed by atoms with Crippen molar-refractivity contribution in [3.8, 4) is 0 Å². The number of aromatic nitrogens is 2. The molecule has 38 heavy (non-hydrogen) atoms. The first-order chi connectivity index (χ1) is 17.9. The molecule has 2 fully saturated rings. The van der Waals surface area contributed by atoms with E-state index in [0.29, 0.717) is 36.6 Å². The van der Waals surface area contributed by atoms with Crippen LogP contribution in [0, 0.1) is 13.8 Å². The zero-order valence-electron chi connectivity index (χ0n) is 22.9. The maximum absolute atomic E-state index is 13.2. The van der Waals surface area contributed by atoms with E-state index < -0.39 is 11.7 Å². The first-order valence-corrected chi connectivity index (χ1v) is 13.2. The van der Waals surface area contributed by atoms with Crippen LogP contribution >= 0.6 is 0 Å². The van der Waals surface area contributed by atoms with Crippen LogP contribution in [0.3, 0.4) is 0 Å². The summed E-state index contributed by atoms with van der Waals surface area (Å²) < 4.78 is 44.7. The molecule has 2 atom stereocenters. The summed E-state index contributed by atoms with van der Waals surface area (Å²) >= 11 is 0. The van der Waals surface area contributed by atoms with E-state index in [0.717, 1.165) is 50.2 Å². The van der Waals surface area contributed by atoms with E-state index in [4.69, 9.17) is 4.74 Å². The molecule has 10 heteroatoms. The predicted molar refractivity (Wildman–Crippen MR) is 139 cm³/mol. The highest BCUT2D eigenvalue weighted by atomic mass is 19.4. The molecule has 7 nitrogen and oxygen atoms in total. The molecule has 0 bridgehead atoms. The van der Waals surface area contributed by atoms with Gasteiger partial charge in [-0.25, -0.2) is 9.97 Å². The SMILES string of the molecule is COCC(c1ccc(C(F)(F)F)cc1)N1CCN(C2(C)CCN(C(=O)c3c(C)ncnc3C)CC2)CC1C. The molecule has 1 amide bonds. The third-order valence-corrected chi connectivity index (χ3v) is 8.36. The quantitative estimate of drug-likeness (QED) is 0.545. The lowest BCUT2D eigenvalue weighted by Gasteiger charge is -2.52. The Labute approximate surface area is 223 Å². The van der Waals surface area contributed by atoms with Crippen molar-refractivity contribution in [2.75, 3.05) is 46.4 Å². The summed E-state index contributed by atoms with van der Waals surface area (Å²) in [7, 11) is 1.62. The highest BCUT2D eigenvalue weighted by Crippen LogP contribution is 2.35. The molecule has 0 saturated carbocycles. The fourth-order valence-electron chi connectivity index (χ4n) is 5.93. The minimum Gasteiger partial charge on any atom is -0.383 e. The number of benzene rings is 1. The normalized spacial score (nSPS) is 21.9. The Hall–Kier alpha value is -2.56. The summed E-state index contributed by atoms with van der Waals surface area (Å²) in [5, 5.41) is 0. The van der Waals surface area contributed by atoms with Crippen LogP contribution in [0.15, 0.2) is 30.6 Å². The molecule has 0 aliphatic carbocycles. The van der Waals surface area contributed by atoms with E-state index in [1.54, 1.807) is 19.2 Å². The van der Waals surface area contributed by atoms with E-state index in [1.165, 1.54) is 6.33 Å².